The third kappa shape index (κ3) is 5.19. The molecule has 5 heteroatoms. The van der Waals surface area contributed by atoms with E-state index in [-0.39, 0.29) is 5.91 Å². The molecule has 1 saturated heterocycles. The molecule has 1 N–H and O–H groups in total. The van der Waals surface area contributed by atoms with Gasteiger partial charge < -0.3 is 10.1 Å². The van der Waals surface area contributed by atoms with E-state index >= 15 is 0 Å². The van der Waals surface area contributed by atoms with Crippen LogP contribution >= 0.6 is 11.8 Å². The Morgan fingerprint density at radius 2 is 1.73 bits per heavy atom. The quantitative estimate of drug-likeness (QED) is 0.539. The minimum Gasteiger partial charge on any atom is -0.489 e. The van der Waals surface area contributed by atoms with Crippen molar-refractivity contribution in [2.45, 2.75) is 20.5 Å². The second-order valence-corrected chi connectivity index (χ2v) is 8.19. The maximum absolute atomic E-state index is 12.3. The molecule has 3 aromatic carbocycles. The van der Waals surface area contributed by atoms with Gasteiger partial charge in [0.05, 0.1) is 10.6 Å². The number of amides is 1. The van der Waals surface area contributed by atoms with E-state index in [4.69, 9.17) is 4.74 Å². The summed E-state index contributed by atoms with van der Waals surface area (Å²) in [6.07, 6.45) is 1.86. The summed E-state index contributed by atoms with van der Waals surface area (Å²) in [7, 11) is 0. The molecule has 4 nitrogen and oxygen atoms in total. The number of aliphatic imine (C=N–C) groups is 1. The molecule has 0 unspecified atom stereocenters. The van der Waals surface area contributed by atoms with Crippen LogP contribution in [-0.2, 0) is 11.4 Å². The van der Waals surface area contributed by atoms with Crippen molar-refractivity contribution in [3.05, 3.63) is 100.0 Å². The van der Waals surface area contributed by atoms with Crippen molar-refractivity contribution >= 4 is 34.6 Å². The van der Waals surface area contributed by atoms with Gasteiger partial charge in [0.25, 0.3) is 5.91 Å². The van der Waals surface area contributed by atoms with Crippen molar-refractivity contribution in [2.24, 2.45) is 4.99 Å². The topological polar surface area (TPSA) is 50.7 Å². The normalized spacial score (nSPS) is 16.1. The molecule has 3 aromatic rings. The predicted octanol–water partition coefficient (Wildman–Crippen LogP) is 5.77. The molecule has 1 aliphatic rings. The zero-order valence-corrected chi connectivity index (χ0v) is 17.7. The third-order valence-corrected chi connectivity index (χ3v) is 5.49. The van der Waals surface area contributed by atoms with E-state index in [1.54, 1.807) is 0 Å². The van der Waals surface area contributed by atoms with Gasteiger partial charge in [-0.05, 0) is 67.1 Å². The number of thioether (sulfide) groups is 1. The third-order valence-electron chi connectivity index (χ3n) is 4.58. The lowest BCUT2D eigenvalue weighted by Gasteiger charge is -2.07. The molecule has 1 amide bonds. The molecule has 0 spiro atoms. The molecule has 0 radical (unpaired) electrons. The van der Waals surface area contributed by atoms with Crippen LogP contribution in [0.3, 0.4) is 0 Å². The lowest BCUT2D eigenvalue weighted by Crippen LogP contribution is -2.19. The zero-order chi connectivity index (χ0) is 20.9. The molecule has 0 aliphatic carbocycles. The first-order valence-electron chi connectivity index (χ1n) is 9.70. The van der Waals surface area contributed by atoms with E-state index in [9.17, 15) is 4.79 Å². The summed E-state index contributed by atoms with van der Waals surface area (Å²) in [5.41, 5.74) is 5.29. The van der Waals surface area contributed by atoms with Gasteiger partial charge in [0, 0.05) is 0 Å². The van der Waals surface area contributed by atoms with Gasteiger partial charge in [-0.25, -0.2) is 4.99 Å². The first-order valence-corrected chi connectivity index (χ1v) is 10.5. The Morgan fingerprint density at radius 3 is 2.47 bits per heavy atom. The van der Waals surface area contributed by atoms with E-state index in [2.05, 4.69) is 35.4 Å². The summed E-state index contributed by atoms with van der Waals surface area (Å²) in [6.45, 7) is 4.63. The number of hydrogen-bond acceptors (Lipinski definition) is 4. The van der Waals surface area contributed by atoms with Gasteiger partial charge >= 0.3 is 0 Å². The fraction of sp³-hybridized carbons (Fsp3) is 0.120. The molecule has 0 bridgehead atoms. The summed E-state index contributed by atoms with van der Waals surface area (Å²) in [6, 6.07) is 23.9. The highest BCUT2D eigenvalue weighted by Crippen LogP contribution is 2.28. The van der Waals surface area contributed by atoms with Gasteiger partial charge in [-0.1, -0.05) is 59.7 Å². The molecule has 0 saturated carbocycles. The van der Waals surface area contributed by atoms with Gasteiger partial charge in [0.1, 0.15) is 12.4 Å². The fourth-order valence-electron chi connectivity index (χ4n) is 3.00. The van der Waals surface area contributed by atoms with Crippen molar-refractivity contribution in [2.75, 3.05) is 0 Å². The van der Waals surface area contributed by atoms with Crippen molar-refractivity contribution < 1.29 is 9.53 Å². The fourth-order valence-corrected chi connectivity index (χ4v) is 3.84. The van der Waals surface area contributed by atoms with Crippen LogP contribution in [0.5, 0.6) is 5.75 Å². The summed E-state index contributed by atoms with van der Waals surface area (Å²) >= 11 is 1.34. The average Bonchev–Trinajstić information content (AvgIpc) is 3.08. The number of carbonyl (C=O) groups excluding carboxylic acids is 1. The molecule has 1 aliphatic heterocycles. The predicted molar refractivity (Wildman–Crippen MR) is 124 cm³/mol. The zero-order valence-electron chi connectivity index (χ0n) is 16.9. The molecular weight excluding hydrogens is 392 g/mol. The summed E-state index contributed by atoms with van der Waals surface area (Å²) in [5.74, 6) is 0.662. The van der Waals surface area contributed by atoms with E-state index in [0.717, 1.165) is 22.6 Å². The van der Waals surface area contributed by atoms with Crippen LogP contribution in [0.2, 0.25) is 0 Å². The molecule has 1 fully saturated rings. The second-order valence-electron chi connectivity index (χ2n) is 7.16. The molecule has 1 heterocycles. The Labute approximate surface area is 180 Å². The van der Waals surface area contributed by atoms with Crippen LogP contribution in [0.15, 0.2) is 82.7 Å². The smallest absolute Gasteiger partial charge is 0.264 e. The maximum Gasteiger partial charge on any atom is 0.264 e. The number of carbonyl (C=O) groups is 1. The van der Waals surface area contributed by atoms with E-state index in [1.807, 2.05) is 67.6 Å². The Bertz CT molecular complexity index is 1120. The van der Waals surface area contributed by atoms with Crippen LogP contribution < -0.4 is 10.1 Å². The molecule has 0 atom stereocenters. The van der Waals surface area contributed by atoms with Gasteiger partial charge in [-0.3, -0.25) is 4.79 Å². The number of nitrogens with zero attached hydrogens (tertiary/aromatic N) is 1. The van der Waals surface area contributed by atoms with Crippen LogP contribution in [-0.4, -0.2) is 11.1 Å². The Balaban J connectivity index is 1.40. The van der Waals surface area contributed by atoms with E-state index < -0.39 is 0 Å². The minimum absolute atomic E-state index is 0.134. The number of benzene rings is 3. The molecule has 0 aromatic heterocycles. The van der Waals surface area contributed by atoms with Crippen molar-refractivity contribution in [1.82, 2.24) is 5.32 Å². The van der Waals surface area contributed by atoms with Gasteiger partial charge in [0.15, 0.2) is 5.17 Å². The summed E-state index contributed by atoms with van der Waals surface area (Å²) in [5, 5.41) is 3.41. The first kappa shape index (κ1) is 20.0. The van der Waals surface area contributed by atoms with Crippen LogP contribution in [0.1, 0.15) is 22.3 Å². The summed E-state index contributed by atoms with van der Waals surface area (Å²) < 4.78 is 5.86. The van der Waals surface area contributed by atoms with Crippen molar-refractivity contribution in [3.8, 4) is 5.75 Å². The molecular formula is C25H22N2O2S. The Hall–Kier alpha value is -3.31. The first-order chi connectivity index (χ1) is 14.5. The lowest BCUT2D eigenvalue weighted by atomic mass is 10.1. The van der Waals surface area contributed by atoms with E-state index in [0.29, 0.717) is 16.7 Å². The molecule has 4 rings (SSSR count). The maximum atomic E-state index is 12.3. The van der Waals surface area contributed by atoms with Crippen LogP contribution in [0, 0.1) is 13.8 Å². The van der Waals surface area contributed by atoms with Gasteiger partial charge in [-0.2, -0.15) is 0 Å². The average molecular weight is 415 g/mol. The molecule has 150 valence electrons. The van der Waals surface area contributed by atoms with Crippen molar-refractivity contribution in [1.29, 1.82) is 0 Å². The highest BCUT2D eigenvalue weighted by Gasteiger charge is 2.23. The highest BCUT2D eigenvalue weighted by molar-refractivity contribution is 8.18. The number of nitrogens with one attached hydrogen (secondary N) is 1. The van der Waals surface area contributed by atoms with Crippen molar-refractivity contribution in [3.63, 3.8) is 0 Å². The lowest BCUT2D eigenvalue weighted by molar-refractivity contribution is -0.115. The van der Waals surface area contributed by atoms with Gasteiger partial charge in [-0.15, -0.1) is 0 Å². The SMILES string of the molecule is Cc1ccc(N=C2NC(=O)/C(=C/c3ccc(OCc4cccc(C)c4)cc3)S2)cc1. The van der Waals surface area contributed by atoms with Crippen LogP contribution in [0.25, 0.3) is 6.08 Å². The number of ether oxygens (including phenoxy) is 1. The van der Waals surface area contributed by atoms with Crippen LogP contribution in [0.4, 0.5) is 5.69 Å². The number of aryl methyl sites for hydroxylation is 2. The Kier molecular flexibility index (Phi) is 6.00. The minimum atomic E-state index is -0.134. The van der Waals surface area contributed by atoms with E-state index in [1.165, 1.54) is 22.9 Å². The number of amidine groups is 1. The van der Waals surface area contributed by atoms with Gasteiger partial charge in [0.2, 0.25) is 0 Å². The number of rotatable bonds is 5. The molecule has 30 heavy (non-hydrogen) atoms. The summed E-state index contributed by atoms with van der Waals surface area (Å²) in [4.78, 5) is 17.4. The monoisotopic (exact) mass is 414 g/mol. The highest BCUT2D eigenvalue weighted by atomic mass is 32.2. The largest absolute Gasteiger partial charge is 0.489 e. The number of hydrogen-bond donors (Lipinski definition) is 1. The standard InChI is InChI=1S/C25H22N2O2S/c1-17-6-10-21(11-7-17)26-25-27-24(28)23(30-25)15-19-8-12-22(13-9-19)29-16-20-5-3-4-18(2)14-20/h3-15H,16H2,1-2H3,(H,26,27,28)/b23-15-. The second kappa shape index (κ2) is 9.01. The Morgan fingerprint density at radius 1 is 0.967 bits per heavy atom.